The summed E-state index contributed by atoms with van der Waals surface area (Å²) >= 11 is 6.47. The molecule has 184 valence electrons. The molecule has 0 amide bonds. The molecule has 2 aromatic heterocycles. The van der Waals surface area contributed by atoms with Crippen molar-refractivity contribution in [1.29, 1.82) is 0 Å². The maximum absolute atomic E-state index is 14.7. The van der Waals surface area contributed by atoms with Crippen molar-refractivity contribution in [2.45, 2.75) is 75.9 Å². The maximum atomic E-state index is 14.7. The van der Waals surface area contributed by atoms with Crippen molar-refractivity contribution < 1.29 is 4.39 Å². The summed E-state index contributed by atoms with van der Waals surface area (Å²) < 4.78 is 16.4. The lowest BCUT2D eigenvalue weighted by Crippen LogP contribution is -2.55. The van der Waals surface area contributed by atoms with Crippen LogP contribution in [0, 0.1) is 5.82 Å². The predicted octanol–water partition coefficient (Wildman–Crippen LogP) is 4.68. The SMILES string of the molecule is CC1(C)C[C@H](Nc2nc(Nc3ccc(Cl)c(-n4nnnc4C4CC4)c3)ncc2F)C[C@@H]2CCCN21. The van der Waals surface area contributed by atoms with E-state index >= 15 is 0 Å². The number of nitrogens with one attached hydrogen (secondary N) is 2. The molecule has 11 heteroatoms. The highest BCUT2D eigenvalue weighted by Crippen LogP contribution is 2.40. The second kappa shape index (κ2) is 8.67. The van der Waals surface area contributed by atoms with E-state index in [9.17, 15) is 4.39 Å². The molecule has 3 aliphatic rings. The first-order valence-electron chi connectivity index (χ1n) is 12.3. The summed E-state index contributed by atoms with van der Waals surface area (Å²) in [5, 5.41) is 19.2. The van der Waals surface area contributed by atoms with Gasteiger partial charge in [-0.2, -0.15) is 9.67 Å². The Morgan fingerprint density at radius 3 is 2.89 bits per heavy atom. The van der Waals surface area contributed by atoms with E-state index in [1.54, 1.807) is 10.7 Å². The molecule has 2 aliphatic heterocycles. The zero-order valence-electron chi connectivity index (χ0n) is 19.9. The molecule has 6 rings (SSSR count). The zero-order chi connectivity index (χ0) is 24.2. The highest BCUT2D eigenvalue weighted by atomic mass is 35.5. The molecule has 1 saturated carbocycles. The molecule has 1 aromatic carbocycles. The third-order valence-corrected chi connectivity index (χ3v) is 7.73. The topological polar surface area (TPSA) is 96.7 Å². The van der Waals surface area contributed by atoms with E-state index in [2.05, 4.69) is 54.9 Å². The molecule has 35 heavy (non-hydrogen) atoms. The first-order chi connectivity index (χ1) is 16.9. The Morgan fingerprint density at radius 2 is 2.06 bits per heavy atom. The van der Waals surface area contributed by atoms with E-state index in [1.165, 1.54) is 19.0 Å². The summed E-state index contributed by atoms with van der Waals surface area (Å²) in [6.45, 7) is 5.70. The second-order valence-corrected chi connectivity index (χ2v) is 10.9. The number of aromatic nitrogens is 6. The molecule has 3 aromatic rings. The van der Waals surface area contributed by atoms with Gasteiger partial charge in [-0.1, -0.05) is 11.6 Å². The number of piperidine rings is 1. The molecule has 0 unspecified atom stereocenters. The van der Waals surface area contributed by atoms with Crippen molar-refractivity contribution in [3.8, 4) is 5.69 Å². The Kier molecular flexibility index (Phi) is 5.60. The van der Waals surface area contributed by atoms with Crippen molar-refractivity contribution in [2.24, 2.45) is 0 Å². The van der Waals surface area contributed by atoms with Gasteiger partial charge in [0.25, 0.3) is 0 Å². The van der Waals surface area contributed by atoms with Crippen molar-refractivity contribution >= 4 is 29.1 Å². The largest absolute Gasteiger partial charge is 0.365 e. The minimum atomic E-state index is -0.457. The number of halogens is 2. The third kappa shape index (κ3) is 4.45. The Hall–Kier alpha value is -2.85. The first-order valence-corrected chi connectivity index (χ1v) is 12.7. The van der Waals surface area contributed by atoms with Gasteiger partial charge in [-0.15, -0.1) is 5.10 Å². The lowest BCUT2D eigenvalue weighted by molar-refractivity contribution is 0.0500. The van der Waals surface area contributed by atoms with Crippen LogP contribution in [0.15, 0.2) is 24.4 Å². The normalized spacial score (nSPS) is 23.8. The molecule has 9 nitrogen and oxygen atoms in total. The van der Waals surface area contributed by atoms with Gasteiger partial charge >= 0.3 is 0 Å². The fourth-order valence-electron chi connectivity index (χ4n) is 5.69. The Morgan fingerprint density at radius 1 is 1.20 bits per heavy atom. The highest BCUT2D eigenvalue weighted by Gasteiger charge is 2.43. The van der Waals surface area contributed by atoms with Crippen molar-refractivity contribution in [3.05, 3.63) is 41.1 Å². The summed E-state index contributed by atoms with van der Waals surface area (Å²) in [5.74, 6) is 1.25. The Balaban J connectivity index is 1.21. The smallest absolute Gasteiger partial charge is 0.229 e. The Labute approximate surface area is 208 Å². The average Bonchev–Trinajstić information content (AvgIpc) is 3.33. The summed E-state index contributed by atoms with van der Waals surface area (Å²) in [6.07, 6.45) is 7.71. The molecule has 3 fully saturated rings. The predicted molar refractivity (Wildman–Crippen MR) is 132 cm³/mol. The van der Waals surface area contributed by atoms with Crippen LogP contribution in [0.2, 0.25) is 5.02 Å². The lowest BCUT2D eigenvalue weighted by atomic mass is 9.84. The van der Waals surface area contributed by atoms with E-state index in [-0.39, 0.29) is 17.4 Å². The van der Waals surface area contributed by atoms with Crippen LogP contribution in [-0.4, -0.2) is 59.2 Å². The van der Waals surface area contributed by atoms with Crippen LogP contribution in [0.5, 0.6) is 0 Å². The maximum Gasteiger partial charge on any atom is 0.229 e. The van der Waals surface area contributed by atoms with E-state index in [0.29, 0.717) is 34.3 Å². The highest BCUT2D eigenvalue weighted by molar-refractivity contribution is 6.32. The molecule has 1 aliphatic carbocycles. The van der Waals surface area contributed by atoms with Gasteiger partial charge in [0.1, 0.15) is 0 Å². The lowest BCUT2D eigenvalue weighted by Gasteiger charge is -2.47. The van der Waals surface area contributed by atoms with Gasteiger partial charge < -0.3 is 10.6 Å². The van der Waals surface area contributed by atoms with E-state index in [0.717, 1.165) is 38.1 Å². The molecule has 0 spiro atoms. The Bertz CT molecular complexity index is 1240. The van der Waals surface area contributed by atoms with Gasteiger partial charge in [0.15, 0.2) is 17.5 Å². The van der Waals surface area contributed by atoms with Crippen LogP contribution in [0.3, 0.4) is 0 Å². The minimum Gasteiger partial charge on any atom is -0.365 e. The average molecular weight is 498 g/mol. The van der Waals surface area contributed by atoms with Gasteiger partial charge in [0.2, 0.25) is 5.95 Å². The number of benzene rings is 1. The third-order valence-electron chi connectivity index (χ3n) is 7.41. The monoisotopic (exact) mass is 497 g/mol. The number of nitrogens with zero attached hydrogens (tertiary/aromatic N) is 7. The van der Waals surface area contributed by atoms with Gasteiger partial charge in [-0.25, -0.2) is 9.37 Å². The number of anilines is 3. The molecule has 2 saturated heterocycles. The van der Waals surface area contributed by atoms with Crippen molar-refractivity contribution in [3.63, 3.8) is 0 Å². The number of hydrogen-bond acceptors (Lipinski definition) is 8. The van der Waals surface area contributed by atoms with E-state index in [4.69, 9.17) is 11.6 Å². The van der Waals surface area contributed by atoms with Crippen molar-refractivity contribution in [1.82, 2.24) is 35.1 Å². The van der Waals surface area contributed by atoms with Crippen LogP contribution in [0.25, 0.3) is 5.69 Å². The molecular weight excluding hydrogens is 469 g/mol. The van der Waals surface area contributed by atoms with E-state index < -0.39 is 5.82 Å². The van der Waals surface area contributed by atoms with Gasteiger partial charge in [0, 0.05) is 29.2 Å². The fourth-order valence-corrected chi connectivity index (χ4v) is 5.88. The quantitative estimate of drug-likeness (QED) is 0.506. The number of tetrazole rings is 1. The fraction of sp³-hybridized carbons (Fsp3) is 0.542. The summed E-state index contributed by atoms with van der Waals surface area (Å²) in [6, 6.07) is 6.15. The molecule has 2 atom stereocenters. The van der Waals surface area contributed by atoms with Crippen LogP contribution in [0.1, 0.15) is 64.1 Å². The summed E-state index contributed by atoms with van der Waals surface area (Å²) in [7, 11) is 0. The van der Waals surface area contributed by atoms with Gasteiger partial charge in [0.05, 0.1) is 16.9 Å². The van der Waals surface area contributed by atoms with Gasteiger partial charge in [-0.3, -0.25) is 4.90 Å². The van der Waals surface area contributed by atoms with Crippen LogP contribution in [0.4, 0.5) is 21.8 Å². The zero-order valence-corrected chi connectivity index (χ0v) is 20.6. The van der Waals surface area contributed by atoms with Crippen molar-refractivity contribution in [2.75, 3.05) is 17.2 Å². The molecular formula is C24H29ClFN9. The number of rotatable bonds is 6. The molecule has 0 bridgehead atoms. The second-order valence-electron chi connectivity index (χ2n) is 10.5. The standard InChI is InChI=1S/C24H29ClFN9/c1-24(2)12-16(10-17-4-3-9-34(17)24)28-21-19(26)13-27-23(30-21)29-15-7-8-18(25)20(11-15)35-22(14-5-6-14)31-32-33-35/h7-8,11,13-14,16-17H,3-6,9-10,12H2,1-2H3,(H2,27,28,29,30)/t16-,17+/m1/s1. The summed E-state index contributed by atoms with van der Waals surface area (Å²) in [4.78, 5) is 11.2. The van der Waals surface area contributed by atoms with E-state index in [1.807, 2.05) is 12.1 Å². The van der Waals surface area contributed by atoms with Crippen LogP contribution in [-0.2, 0) is 0 Å². The summed E-state index contributed by atoms with van der Waals surface area (Å²) in [5.41, 5.74) is 1.46. The first kappa shape index (κ1) is 22.6. The van der Waals surface area contributed by atoms with Crippen LogP contribution < -0.4 is 10.6 Å². The van der Waals surface area contributed by atoms with Gasteiger partial charge in [-0.05, 0) is 87.5 Å². The molecule has 0 radical (unpaired) electrons. The molecule has 2 N–H and O–H groups in total. The number of fused-ring (bicyclic) bond motifs is 1. The number of hydrogen-bond donors (Lipinski definition) is 2. The van der Waals surface area contributed by atoms with Crippen LogP contribution >= 0.6 is 11.6 Å². The molecule has 4 heterocycles. The minimum absolute atomic E-state index is 0.0803.